The number of hydrogen-bond donors (Lipinski definition) is 1. The van der Waals surface area contributed by atoms with Crippen LogP contribution in [0.4, 0.5) is 0 Å². The fourth-order valence-corrected chi connectivity index (χ4v) is 3.19. The highest BCUT2D eigenvalue weighted by Crippen LogP contribution is 2.35. The molecule has 0 radical (unpaired) electrons. The lowest BCUT2D eigenvalue weighted by Crippen LogP contribution is -2.35. The Morgan fingerprint density at radius 1 is 1.27 bits per heavy atom. The first-order chi connectivity index (χ1) is 10.5. The molecule has 0 aliphatic heterocycles. The van der Waals surface area contributed by atoms with Gasteiger partial charge in [0.1, 0.15) is 11.9 Å². The van der Waals surface area contributed by atoms with Crippen molar-refractivity contribution in [2.75, 3.05) is 0 Å². The van der Waals surface area contributed by atoms with Gasteiger partial charge in [0.05, 0.1) is 0 Å². The lowest BCUT2D eigenvalue weighted by atomic mass is 9.75. The maximum Gasteiger partial charge on any atom is 0.331 e. The highest BCUT2D eigenvalue weighted by atomic mass is 16.5. The maximum atomic E-state index is 12.1. The predicted octanol–water partition coefficient (Wildman–Crippen LogP) is 4.41. The van der Waals surface area contributed by atoms with Gasteiger partial charge in [-0.25, -0.2) is 4.79 Å². The number of rotatable bonds is 4. The van der Waals surface area contributed by atoms with Crippen LogP contribution < -0.4 is 0 Å². The van der Waals surface area contributed by atoms with E-state index in [-0.39, 0.29) is 17.8 Å². The van der Waals surface area contributed by atoms with Crippen molar-refractivity contribution in [2.45, 2.75) is 46.1 Å². The molecule has 1 aromatic carbocycles. The second-order valence-corrected chi connectivity index (χ2v) is 6.73. The van der Waals surface area contributed by atoms with E-state index in [4.69, 9.17) is 4.74 Å². The van der Waals surface area contributed by atoms with Crippen LogP contribution in [0.1, 0.15) is 45.6 Å². The molecule has 120 valence electrons. The Hall–Kier alpha value is -1.77. The number of carbonyl (C=O) groups excluding carboxylic acids is 1. The minimum atomic E-state index is -0.280. The van der Waals surface area contributed by atoms with Gasteiger partial charge in [-0.1, -0.05) is 39.3 Å². The van der Waals surface area contributed by atoms with E-state index in [1.807, 2.05) is 0 Å². The highest BCUT2D eigenvalue weighted by molar-refractivity contribution is 5.87. The van der Waals surface area contributed by atoms with Crippen molar-refractivity contribution in [3.05, 3.63) is 35.9 Å². The summed E-state index contributed by atoms with van der Waals surface area (Å²) in [4.78, 5) is 12.1. The van der Waals surface area contributed by atoms with Crippen LogP contribution in [0.3, 0.4) is 0 Å². The van der Waals surface area contributed by atoms with Crippen molar-refractivity contribution in [2.24, 2.45) is 17.8 Å². The van der Waals surface area contributed by atoms with E-state index in [1.165, 1.54) is 12.5 Å². The standard InChI is InChI=1S/C19H26O3/c1-13(2)17-10-4-14(3)12-18(17)22-19(21)11-7-15-5-8-16(20)9-6-15/h5-9,11,13-14,17-18,20H,4,10,12H2,1-3H3. The van der Waals surface area contributed by atoms with E-state index in [9.17, 15) is 9.90 Å². The molecule has 0 saturated heterocycles. The number of ether oxygens (including phenoxy) is 1. The van der Waals surface area contributed by atoms with E-state index in [0.717, 1.165) is 18.4 Å². The van der Waals surface area contributed by atoms with Gasteiger partial charge in [0.25, 0.3) is 0 Å². The third-order valence-electron chi connectivity index (χ3n) is 4.53. The van der Waals surface area contributed by atoms with Crippen LogP contribution in [0.25, 0.3) is 6.08 Å². The monoisotopic (exact) mass is 302 g/mol. The van der Waals surface area contributed by atoms with Crippen LogP contribution in [0.5, 0.6) is 5.75 Å². The molecule has 3 atom stereocenters. The molecule has 0 amide bonds. The summed E-state index contributed by atoms with van der Waals surface area (Å²) >= 11 is 0. The number of benzene rings is 1. The highest BCUT2D eigenvalue weighted by Gasteiger charge is 2.32. The summed E-state index contributed by atoms with van der Waals surface area (Å²) < 4.78 is 5.71. The maximum absolute atomic E-state index is 12.1. The van der Waals surface area contributed by atoms with E-state index in [1.54, 1.807) is 30.3 Å². The van der Waals surface area contributed by atoms with E-state index in [0.29, 0.717) is 17.8 Å². The van der Waals surface area contributed by atoms with Crippen molar-refractivity contribution in [1.29, 1.82) is 0 Å². The van der Waals surface area contributed by atoms with Gasteiger partial charge in [-0.15, -0.1) is 0 Å². The van der Waals surface area contributed by atoms with Gasteiger partial charge >= 0.3 is 5.97 Å². The molecule has 22 heavy (non-hydrogen) atoms. The van der Waals surface area contributed by atoms with Crippen molar-refractivity contribution < 1.29 is 14.6 Å². The molecule has 1 aliphatic rings. The summed E-state index contributed by atoms with van der Waals surface area (Å²) in [6, 6.07) is 6.72. The minimum absolute atomic E-state index is 0.0284. The van der Waals surface area contributed by atoms with Crippen LogP contribution in [-0.4, -0.2) is 17.2 Å². The van der Waals surface area contributed by atoms with Gasteiger partial charge in [0.15, 0.2) is 0 Å². The van der Waals surface area contributed by atoms with Gasteiger partial charge in [0.2, 0.25) is 0 Å². The zero-order valence-corrected chi connectivity index (χ0v) is 13.7. The Bertz CT molecular complexity index is 516. The van der Waals surface area contributed by atoms with E-state index >= 15 is 0 Å². The summed E-state index contributed by atoms with van der Waals surface area (Å²) in [5, 5.41) is 9.24. The molecule has 1 N–H and O–H groups in total. The predicted molar refractivity (Wildman–Crippen MR) is 88.4 cm³/mol. The molecule has 0 heterocycles. The smallest absolute Gasteiger partial charge is 0.331 e. The lowest BCUT2D eigenvalue weighted by Gasteiger charge is -2.36. The molecular weight excluding hydrogens is 276 g/mol. The Kier molecular flexibility index (Phi) is 5.64. The number of carbonyl (C=O) groups is 1. The van der Waals surface area contributed by atoms with Gasteiger partial charge in [-0.3, -0.25) is 0 Å². The first-order valence-electron chi connectivity index (χ1n) is 8.13. The summed E-state index contributed by atoms with van der Waals surface area (Å²) in [5.41, 5.74) is 0.868. The van der Waals surface area contributed by atoms with Gasteiger partial charge in [-0.05, 0) is 54.4 Å². The zero-order chi connectivity index (χ0) is 16.1. The molecule has 3 nitrogen and oxygen atoms in total. The number of aromatic hydroxyl groups is 1. The second kappa shape index (κ2) is 7.48. The summed E-state index contributed by atoms with van der Waals surface area (Å²) in [6.45, 7) is 6.63. The van der Waals surface area contributed by atoms with Crippen LogP contribution in [0.2, 0.25) is 0 Å². The molecule has 0 bridgehead atoms. The van der Waals surface area contributed by atoms with Gasteiger partial charge in [0, 0.05) is 6.08 Å². The first kappa shape index (κ1) is 16.6. The molecule has 0 aromatic heterocycles. The lowest BCUT2D eigenvalue weighted by molar-refractivity contribution is -0.149. The fraction of sp³-hybridized carbons (Fsp3) is 0.526. The molecule has 1 aliphatic carbocycles. The molecule has 1 saturated carbocycles. The first-order valence-corrected chi connectivity index (χ1v) is 8.13. The SMILES string of the molecule is CC1CCC(C(C)C)C(OC(=O)C=Cc2ccc(O)cc2)C1. The van der Waals surface area contributed by atoms with E-state index in [2.05, 4.69) is 20.8 Å². The van der Waals surface area contributed by atoms with Crippen molar-refractivity contribution >= 4 is 12.0 Å². The molecule has 2 rings (SSSR count). The normalized spacial score (nSPS) is 25.5. The zero-order valence-electron chi connectivity index (χ0n) is 13.7. The average molecular weight is 302 g/mol. The van der Waals surface area contributed by atoms with Crippen LogP contribution >= 0.6 is 0 Å². The topological polar surface area (TPSA) is 46.5 Å². The Balaban J connectivity index is 1.95. The van der Waals surface area contributed by atoms with E-state index < -0.39 is 0 Å². The number of phenols is 1. The number of phenolic OH excluding ortho intramolecular Hbond substituents is 1. The van der Waals surface area contributed by atoms with Crippen LogP contribution in [-0.2, 0) is 9.53 Å². The van der Waals surface area contributed by atoms with Crippen LogP contribution in [0.15, 0.2) is 30.3 Å². The molecule has 3 heteroatoms. The average Bonchev–Trinajstić information content (AvgIpc) is 2.46. The molecule has 1 aromatic rings. The quantitative estimate of drug-likeness (QED) is 0.662. The number of esters is 1. The Morgan fingerprint density at radius 2 is 1.95 bits per heavy atom. The van der Waals surface area contributed by atoms with Gasteiger partial charge < -0.3 is 9.84 Å². The Labute approximate surface area is 133 Å². The third-order valence-corrected chi connectivity index (χ3v) is 4.53. The largest absolute Gasteiger partial charge is 0.508 e. The third kappa shape index (κ3) is 4.62. The fourth-order valence-electron chi connectivity index (χ4n) is 3.19. The summed E-state index contributed by atoms with van der Waals surface area (Å²) in [5.74, 6) is 1.55. The van der Waals surface area contributed by atoms with Crippen molar-refractivity contribution in [3.63, 3.8) is 0 Å². The van der Waals surface area contributed by atoms with Crippen molar-refractivity contribution in [3.8, 4) is 5.75 Å². The number of hydrogen-bond acceptors (Lipinski definition) is 3. The summed E-state index contributed by atoms with van der Waals surface area (Å²) in [6.07, 6.45) is 6.54. The molecule has 0 spiro atoms. The van der Waals surface area contributed by atoms with Crippen LogP contribution in [0, 0.1) is 17.8 Å². The minimum Gasteiger partial charge on any atom is -0.508 e. The molecular formula is C19H26O3. The molecule has 3 unspecified atom stereocenters. The molecule has 1 fully saturated rings. The Morgan fingerprint density at radius 3 is 2.59 bits per heavy atom. The second-order valence-electron chi connectivity index (χ2n) is 6.73. The summed E-state index contributed by atoms with van der Waals surface area (Å²) in [7, 11) is 0. The van der Waals surface area contributed by atoms with Gasteiger partial charge in [-0.2, -0.15) is 0 Å². The van der Waals surface area contributed by atoms with Crippen molar-refractivity contribution in [1.82, 2.24) is 0 Å².